The Morgan fingerprint density at radius 3 is 2.88 bits per heavy atom. The minimum absolute atomic E-state index is 0.110. The molecule has 88 valence electrons. The third kappa shape index (κ3) is 2.43. The van der Waals surface area contributed by atoms with E-state index in [2.05, 4.69) is 0 Å². The van der Waals surface area contributed by atoms with Crippen molar-refractivity contribution < 1.29 is 8.78 Å². The minimum Gasteiger partial charge on any atom is -0.399 e. The number of fused-ring (bicyclic) bond motifs is 1. The smallest absolute Gasteiger partial charge is 0.247 e. The molecule has 2 nitrogen and oxygen atoms in total. The molecule has 0 aromatic heterocycles. The number of benzene rings is 1. The van der Waals surface area contributed by atoms with Crippen LogP contribution >= 0.6 is 0 Å². The van der Waals surface area contributed by atoms with Gasteiger partial charge in [0.2, 0.25) is 5.92 Å². The molecule has 16 heavy (non-hydrogen) atoms. The lowest BCUT2D eigenvalue weighted by Crippen LogP contribution is -2.26. The van der Waals surface area contributed by atoms with E-state index in [4.69, 9.17) is 5.73 Å². The van der Waals surface area contributed by atoms with Crippen molar-refractivity contribution >= 4 is 11.4 Å². The normalized spacial score (nSPS) is 15.3. The van der Waals surface area contributed by atoms with E-state index in [-0.39, 0.29) is 6.42 Å². The summed E-state index contributed by atoms with van der Waals surface area (Å²) in [4.78, 5) is 1.99. The van der Waals surface area contributed by atoms with Crippen molar-refractivity contribution in [3.05, 3.63) is 23.8 Å². The summed E-state index contributed by atoms with van der Waals surface area (Å²) < 4.78 is 25.6. The van der Waals surface area contributed by atoms with Gasteiger partial charge in [-0.05, 0) is 31.0 Å². The van der Waals surface area contributed by atoms with Crippen molar-refractivity contribution in [1.82, 2.24) is 0 Å². The maximum atomic E-state index is 12.8. The number of anilines is 2. The lowest BCUT2D eigenvalue weighted by Gasteiger charge is -2.21. The van der Waals surface area contributed by atoms with E-state index in [1.165, 1.54) is 5.56 Å². The van der Waals surface area contributed by atoms with E-state index < -0.39 is 5.92 Å². The molecule has 0 spiro atoms. The highest BCUT2D eigenvalue weighted by atomic mass is 19.3. The summed E-state index contributed by atoms with van der Waals surface area (Å²) in [6, 6.07) is 5.71. The summed E-state index contributed by atoms with van der Waals surface area (Å²) in [5, 5.41) is 0. The predicted molar refractivity (Wildman–Crippen MR) is 62.0 cm³/mol. The van der Waals surface area contributed by atoms with Crippen LogP contribution in [0.4, 0.5) is 20.2 Å². The Hall–Kier alpha value is -1.32. The van der Waals surface area contributed by atoms with E-state index in [9.17, 15) is 8.78 Å². The van der Waals surface area contributed by atoms with E-state index in [1.807, 2.05) is 23.1 Å². The quantitative estimate of drug-likeness (QED) is 0.803. The molecule has 0 amide bonds. The summed E-state index contributed by atoms with van der Waals surface area (Å²) in [5.41, 5.74) is 8.61. The van der Waals surface area contributed by atoms with Gasteiger partial charge in [0, 0.05) is 30.9 Å². The summed E-state index contributed by atoms with van der Waals surface area (Å²) in [7, 11) is 0. The molecule has 0 aliphatic carbocycles. The third-order valence-corrected chi connectivity index (χ3v) is 2.92. The van der Waals surface area contributed by atoms with Crippen LogP contribution in [0.25, 0.3) is 0 Å². The molecule has 0 atom stereocenters. The van der Waals surface area contributed by atoms with Crippen LogP contribution in [0.5, 0.6) is 0 Å². The van der Waals surface area contributed by atoms with Gasteiger partial charge in [-0.25, -0.2) is 8.78 Å². The zero-order chi connectivity index (χ0) is 11.8. The van der Waals surface area contributed by atoms with Crippen LogP contribution in [0.3, 0.4) is 0 Å². The molecular weight excluding hydrogens is 210 g/mol. The van der Waals surface area contributed by atoms with Crippen molar-refractivity contribution in [1.29, 1.82) is 0 Å². The van der Waals surface area contributed by atoms with Crippen LogP contribution in [0.1, 0.15) is 18.9 Å². The Balaban J connectivity index is 2.08. The molecule has 0 radical (unpaired) electrons. The molecule has 1 heterocycles. The second-order valence-corrected chi connectivity index (χ2v) is 4.45. The second-order valence-electron chi connectivity index (χ2n) is 4.45. The van der Waals surface area contributed by atoms with Crippen molar-refractivity contribution in [3.63, 3.8) is 0 Å². The second kappa shape index (κ2) is 3.92. The molecule has 0 unspecified atom stereocenters. The first-order valence-electron chi connectivity index (χ1n) is 5.47. The van der Waals surface area contributed by atoms with Gasteiger partial charge in [0.25, 0.3) is 0 Å². The zero-order valence-corrected chi connectivity index (χ0v) is 9.34. The Kier molecular flexibility index (Phi) is 2.74. The molecule has 0 saturated heterocycles. The molecule has 1 aromatic carbocycles. The van der Waals surface area contributed by atoms with Crippen molar-refractivity contribution in [2.75, 3.05) is 23.7 Å². The summed E-state index contributed by atoms with van der Waals surface area (Å²) in [6.45, 7) is 2.16. The summed E-state index contributed by atoms with van der Waals surface area (Å²) >= 11 is 0. The number of rotatable bonds is 3. The molecule has 0 fully saturated rings. The number of nitrogens with zero attached hydrogens (tertiary/aromatic N) is 1. The molecule has 2 rings (SSSR count). The largest absolute Gasteiger partial charge is 0.399 e. The highest BCUT2D eigenvalue weighted by Crippen LogP contribution is 2.31. The molecule has 1 aliphatic heterocycles. The molecule has 2 N–H and O–H groups in total. The fraction of sp³-hybridized carbons (Fsp3) is 0.500. The van der Waals surface area contributed by atoms with Gasteiger partial charge in [-0.2, -0.15) is 0 Å². The van der Waals surface area contributed by atoms with E-state index in [0.29, 0.717) is 12.2 Å². The monoisotopic (exact) mass is 226 g/mol. The Morgan fingerprint density at radius 2 is 2.19 bits per heavy atom. The highest BCUT2D eigenvalue weighted by molar-refractivity contribution is 5.64. The SMILES string of the molecule is CC(F)(F)CCN1CCc2ccc(N)cc21. The molecular formula is C12H16F2N2. The van der Waals surface area contributed by atoms with Crippen LogP contribution in [0.2, 0.25) is 0 Å². The number of halogens is 2. The van der Waals surface area contributed by atoms with Crippen molar-refractivity contribution in [3.8, 4) is 0 Å². The first kappa shape index (κ1) is 11.2. The topological polar surface area (TPSA) is 29.3 Å². The van der Waals surface area contributed by atoms with Gasteiger partial charge < -0.3 is 10.6 Å². The van der Waals surface area contributed by atoms with E-state index in [0.717, 1.165) is 25.6 Å². The summed E-state index contributed by atoms with van der Waals surface area (Å²) in [5.74, 6) is -2.59. The number of hydrogen-bond donors (Lipinski definition) is 1. The molecule has 0 saturated carbocycles. The molecule has 4 heteroatoms. The van der Waals surface area contributed by atoms with Gasteiger partial charge in [-0.1, -0.05) is 6.07 Å². The Morgan fingerprint density at radius 1 is 1.44 bits per heavy atom. The van der Waals surface area contributed by atoms with Crippen LogP contribution in [0, 0.1) is 0 Å². The molecule has 1 aromatic rings. The van der Waals surface area contributed by atoms with Crippen LogP contribution in [-0.2, 0) is 6.42 Å². The Bertz CT molecular complexity index is 385. The zero-order valence-electron chi connectivity index (χ0n) is 9.34. The van der Waals surface area contributed by atoms with Gasteiger partial charge in [-0.3, -0.25) is 0 Å². The molecule has 0 bridgehead atoms. The van der Waals surface area contributed by atoms with Gasteiger partial charge >= 0.3 is 0 Å². The maximum Gasteiger partial charge on any atom is 0.247 e. The van der Waals surface area contributed by atoms with Gasteiger partial charge in [0.15, 0.2) is 0 Å². The van der Waals surface area contributed by atoms with Crippen LogP contribution in [0.15, 0.2) is 18.2 Å². The first-order chi connectivity index (χ1) is 7.46. The number of alkyl halides is 2. The fourth-order valence-corrected chi connectivity index (χ4v) is 2.03. The van der Waals surface area contributed by atoms with Crippen molar-refractivity contribution in [2.45, 2.75) is 25.7 Å². The van der Waals surface area contributed by atoms with Gasteiger partial charge in [-0.15, -0.1) is 0 Å². The summed E-state index contributed by atoms with van der Waals surface area (Å²) in [6.07, 6.45) is 0.812. The van der Waals surface area contributed by atoms with Gasteiger partial charge in [0.1, 0.15) is 0 Å². The number of nitrogen functional groups attached to an aromatic ring is 1. The molecule has 1 aliphatic rings. The standard InChI is InChI=1S/C12H16F2N2/c1-12(13,14)5-7-16-6-4-9-2-3-10(15)8-11(9)16/h2-3,8H,4-7,15H2,1H3. The lowest BCUT2D eigenvalue weighted by molar-refractivity contribution is 0.0152. The van der Waals surface area contributed by atoms with Crippen LogP contribution < -0.4 is 10.6 Å². The number of hydrogen-bond acceptors (Lipinski definition) is 2. The average Bonchev–Trinajstić information content (AvgIpc) is 2.56. The van der Waals surface area contributed by atoms with E-state index in [1.54, 1.807) is 0 Å². The van der Waals surface area contributed by atoms with Gasteiger partial charge in [0.05, 0.1) is 0 Å². The Labute approximate surface area is 94.0 Å². The fourth-order valence-electron chi connectivity index (χ4n) is 2.03. The maximum absolute atomic E-state index is 12.8. The van der Waals surface area contributed by atoms with Crippen molar-refractivity contribution in [2.24, 2.45) is 0 Å². The predicted octanol–water partition coefficient (Wildman–Crippen LogP) is 2.68. The van der Waals surface area contributed by atoms with E-state index >= 15 is 0 Å². The lowest BCUT2D eigenvalue weighted by atomic mass is 10.1. The number of nitrogens with two attached hydrogens (primary N) is 1. The van der Waals surface area contributed by atoms with Crippen LogP contribution in [-0.4, -0.2) is 19.0 Å². The minimum atomic E-state index is -2.59. The average molecular weight is 226 g/mol. The highest BCUT2D eigenvalue weighted by Gasteiger charge is 2.25. The third-order valence-electron chi connectivity index (χ3n) is 2.92. The first-order valence-corrected chi connectivity index (χ1v) is 5.47.